The highest BCUT2D eigenvalue weighted by Crippen LogP contribution is 2.39. The van der Waals surface area contributed by atoms with Crippen molar-refractivity contribution in [2.75, 3.05) is 6.61 Å². The maximum atomic E-state index is 12.5. The normalized spacial score (nSPS) is 10.8. The third-order valence-electron chi connectivity index (χ3n) is 5.26. The van der Waals surface area contributed by atoms with Crippen molar-refractivity contribution in [3.63, 3.8) is 0 Å². The van der Waals surface area contributed by atoms with E-state index in [4.69, 9.17) is 4.74 Å². The minimum absolute atomic E-state index is 0.0613. The Morgan fingerprint density at radius 1 is 0.733 bits per heavy atom. The summed E-state index contributed by atoms with van der Waals surface area (Å²) >= 11 is 0. The number of ether oxygens (including phenoxy) is 1. The minimum atomic E-state index is -0.567. The van der Waals surface area contributed by atoms with E-state index in [9.17, 15) is 20.1 Å². The summed E-state index contributed by atoms with van der Waals surface area (Å²) in [4.78, 5) is 12.5. The van der Waals surface area contributed by atoms with E-state index in [1.165, 1.54) is 75.6 Å². The maximum Gasteiger partial charge on any atom is 0.201 e. The molecule has 0 saturated carbocycles. The first-order chi connectivity index (χ1) is 14.6. The molecule has 2 rings (SSSR count). The van der Waals surface area contributed by atoms with Crippen molar-refractivity contribution in [2.45, 2.75) is 71.1 Å². The lowest BCUT2D eigenvalue weighted by molar-refractivity contribution is 0.103. The van der Waals surface area contributed by atoms with E-state index in [0.29, 0.717) is 6.61 Å². The number of carbonyl (C=O) groups is 1. The van der Waals surface area contributed by atoms with Crippen molar-refractivity contribution in [1.29, 1.82) is 0 Å². The van der Waals surface area contributed by atoms with Crippen LogP contribution < -0.4 is 4.74 Å². The lowest BCUT2D eigenvalue weighted by Crippen LogP contribution is -2.03. The van der Waals surface area contributed by atoms with Crippen molar-refractivity contribution in [3.05, 3.63) is 47.5 Å². The second kappa shape index (κ2) is 12.8. The van der Waals surface area contributed by atoms with Crippen LogP contribution in [0, 0.1) is 0 Å². The predicted octanol–water partition coefficient (Wildman–Crippen LogP) is 6.33. The Balaban J connectivity index is 1.76. The summed E-state index contributed by atoms with van der Waals surface area (Å²) in [6, 6.07) is 8.95. The Bertz CT molecular complexity index is 800. The fourth-order valence-corrected chi connectivity index (χ4v) is 3.44. The van der Waals surface area contributed by atoms with Crippen molar-refractivity contribution in [3.8, 4) is 23.0 Å². The van der Waals surface area contributed by atoms with Gasteiger partial charge in [-0.05, 0) is 30.7 Å². The number of para-hydroxylation sites is 1. The number of phenols is 3. The van der Waals surface area contributed by atoms with Crippen LogP contribution in [0.5, 0.6) is 23.0 Å². The second-order valence-corrected chi connectivity index (χ2v) is 7.69. The summed E-state index contributed by atoms with van der Waals surface area (Å²) in [7, 11) is 0. The van der Waals surface area contributed by atoms with Crippen LogP contribution in [0.3, 0.4) is 0 Å². The highest BCUT2D eigenvalue weighted by atomic mass is 16.5. The number of unbranched alkanes of at least 4 members (excludes halogenated alkanes) is 9. The van der Waals surface area contributed by atoms with E-state index in [2.05, 4.69) is 6.92 Å². The molecule has 5 heteroatoms. The summed E-state index contributed by atoms with van der Waals surface area (Å²) in [5, 5.41) is 30.3. The molecule has 0 aliphatic carbocycles. The van der Waals surface area contributed by atoms with E-state index < -0.39 is 17.3 Å². The first-order valence-electron chi connectivity index (χ1n) is 11.1. The third-order valence-corrected chi connectivity index (χ3v) is 5.26. The number of hydrogen-bond acceptors (Lipinski definition) is 5. The molecular weight excluding hydrogens is 380 g/mol. The lowest BCUT2D eigenvalue weighted by atomic mass is 10.0. The van der Waals surface area contributed by atoms with Gasteiger partial charge >= 0.3 is 0 Å². The SMILES string of the molecule is CCCCCCCCCCCCOc1ccc(C(=O)c2ccccc2O)c(O)c1O. The van der Waals surface area contributed by atoms with E-state index in [-0.39, 0.29) is 22.6 Å². The highest BCUT2D eigenvalue weighted by molar-refractivity contribution is 6.12. The fraction of sp³-hybridized carbons (Fsp3) is 0.480. The van der Waals surface area contributed by atoms with Crippen molar-refractivity contribution < 1.29 is 24.9 Å². The Labute approximate surface area is 179 Å². The molecule has 0 fully saturated rings. The summed E-state index contributed by atoms with van der Waals surface area (Å²) in [6.45, 7) is 2.67. The van der Waals surface area contributed by atoms with Gasteiger partial charge in [0.25, 0.3) is 0 Å². The van der Waals surface area contributed by atoms with Gasteiger partial charge in [-0.15, -0.1) is 0 Å². The summed E-state index contributed by atoms with van der Waals surface area (Å²) in [5.41, 5.74) is -0.0217. The molecule has 0 saturated heterocycles. The van der Waals surface area contributed by atoms with E-state index in [0.717, 1.165) is 12.8 Å². The number of hydrogen-bond donors (Lipinski definition) is 3. The molecule has 3 N–H and O–H groups in total. The van der Waals surface area contributed by atoms with Crippen LogP contribution in [-0.2, 0) is 0 Å². The lowest BCUT2D eigenvalue weighted by Gasteiger charge is -2.12. The minimum Gasteiger partial charge on any atom is -0.507 e. The van der Waals surface area contributed by atoms with Gasteiger partial charge in [0, 0.05) is 0 Å². The zero-order valence-electron chi connectivity index (χ0n) is 17.9. The number of aromatic hydroxyl groups is 3. The topological polar surface area (TPSA) is 87.0 Å². The number of ketones is 1. The van der Waals surface area contributed by atoms with Gasteiger partial charge in [0.2, 0.25) is 11.5 Å². The Kier molecular flexibility index (Phi) is 10.1. The molecule has 0 aliphatic rings. The molecule has 0 aromatic heterocycles. The van der Waals surface area contributed by atoms with Crippen LogP contribution in [0.25, 0.3) is 0 Å². The van der Waals surface area contributed by atoms with Crippen LogP contribution in [0.2, 0.25) is 0 Å². The van der Waals surface area contributed by atoms with Gasteiger partial charge in [-0.3, -0.25) is 4.79 Å². The molecule has 0 heterocycles. The largest absolute Gasteiger partial charge is 0.507 e. The maximum absolute atomic E-state index is 12.5. The van der Waals surface area contributed by atoms with Crippen molar-refractivity contribution in [1.82, 2.24) is 0 Å². The van der Waals surface area contributed by atoms with Gasteiger partial charge in [-0.1, -0.05) is 76.8 Å². The Hall–Kier alpha value is -2.69. The molecule has 0 aliphatic heterocycles. The third kappa shape index (κ3) is 6.97. The van der Waals surface area contributed by atoms with Crippen LogP contribution in [-0.4, -0.2) is 27.7 Å². The molecule has 0 amide bonds. The molecule has 0 unspecified atom stereocenters. The van der Waals surface area contributed by atoms with Gasteiger partial charge in [0.1, 0.15) is 5.75 Å². The van der Waals surface area contributed by atoms with Crippen LogP contribution in [0.15, 0.2) is 36.4 Å². The molecule has 5 nitrogen and oxygen atoms in total. The standard InChI is InChI=1S/C25H34O5/c1-2-3-4-5-6-7-8-9-10-13-18-30-22-17-16-20(24(28)25(22)29)23(27)19-14-11-12-15-21(19)26/h11-12,14-17,26,28-29H,2-10,13,18H2,1H3. The van der Waals surface area contributed by atoms with E-state index in [1.807, 2.05) is 0 Å². The molecule has 30 heavy (non-hydrogen) atoms. The molecule has 164 valence electrons. The smallest absolute Gasteiger partial charge is 0.201 e. The average Bonchev–Trinajstić information content (AvgIpc) is 2.75. The van der Waals surface area contributed by atoms with Crippen LogP contribution in [0.1, 0.15) is 87.1 Å². The van der Waals surface area contributed by atoms with Crippen LogP contribution >= 0.6 is 0 Å². The van der Waals surface area contributed by atoms with Gasteiger partial charge < -0.3 is 20.1 Å². The molecule has 2 aromatic rings. The molecule has 0 radical (unpaired) electrons. The quantitative estimate of drug-likeness (QED) is 0.191. The van der Waals surface area contributed by atoms with E-state index in [1.54, 1.807) is 12.1 Å². The molecular formula is C25H34O5. The average molecular weight is 415 g/mol. The fourth-order valence-electron chi connectivity index (χ4n) is 3.44. The summed E-state index contributed by atoms with van der Waals surface area (Å²) in [6.07, 6.45) is 12.2. The van der Waals surface area contributed by atoms with Crippen LogP contribution in [0.4, 0.5) is 0 Å². The zero-order valence-corrected chi connectivity index (χ0v) is 17.9. The number of rotatable bonds is 14. The van der Waals surface area contributed by atoms with E-state index >= 15 is 0 Å². The Morgan fingerprint density at radius 3 is 1.97 bits per heavy atom. The Morgan fingerprint density at radius 2 is 1.33 bits per heavy atom. The number of phenolic OH excluding ortho intramolecular Hbond substituents is 3. The molecule has 0 spiro atoms. The predicted molar refractivity (Wildman–Crippen MR) is 119 cm³/mol. The number of benzene rings is 2. The molecule has 0 atom stereocenters. The van der Waals surface area contributed by atoms with Gasteiger partial charge in [-0.25, -0.2) is 0 Å². The zero-order chi connectivity index (χ0) is 21.8. The first-order valence-corrected chi connectivity index (χ1v) is 11.1. The first kappa shape index (κ1) is 23.6. The summed E-state index contributed by atoms with van der Waals surface area (Å²) < 4.78 is 5.58. The van der Waals surface area contributed by atoms with Crippen molar-refractivity contribution in [2.24, 2.45) is 0 Å². The van der Waals surface area contributed by atoms with Gasteiger partial charge in [-0.2, -0.15) is 0 Å². The van der Waals surface area contributed by atoms with Gasteiger partial charge in [0.15, 0.2) is 11.5 Å². The molecule has 2 aromatic carbocycles. The number of carbonyl (C=O) groups excluding carboxylic acids is 1. The monoisotopic (exact) mass is 414 g/mol. The van der Waals surface area contributed by atoms with Gasteiger partial charge in [0.05, 0.1) is 17.7 Å². The summed E-state index contributed by atoms with van der Waals surface area (Å²) in [5.74, 6) is -1.59. The molecule has 0 bridgehead atoms. The second-order valence-electron chi connectivity index (χ2n) is 7.69. The van der Waals surface area contributed by atoms with Crippen molar-refractivity contribution >= 4 is 5.78 Å². The highest BCUT2D eigenvalue weighted by Gasteiger charge is 2.21.